The van der Waals surface area contributed by atoms with Gasteiger partial charge in [-0.25, -0.2) is 0 Å². The SMILES string of the molecule is COc1cc2c(cc1CCCO)OC[C@@H]([C@H]1COc3ccc(OC4CCCC4)cc3[C@H]1O)[C@H]2O. The Morgan fingerprint density at radius 3 is 2.26 bits per heavy atom. The molecule has 0 amide bonds. The van der Waals surface area contributed by atoms with Gasteiger partial charge < -0.3 is 34.3 Å². The maximum Gasteiger partial charge on any atom is 0.125 e. The molecule has 7 nitrogen and oxygen atoms in total. The number of hydrogen-bond donors (Lipinski definition) is 3. The Bertz CT molecular complexity index is 1000. The highest BCUT2D eigenvalue weighted by Gasteiger charge is 2.42. The highest BCUT2D eigenvalue weighted by Crippen LogP contribution is 2.48. The summed E-state index contributed by atoms with van der Waals surface area (Å²) in [4.78, 5) is 0. The first-order valence-electron chi connectivity index (χ1n) is 12.3. The first-order valence-corrected chi connectivity index (χ1v) is 12.3. The fraction of sp³-hybridized carbons (Fsp3) is 0.556. The fourth-order valence-corrected chi connectivity index (χ4v) is 5.52. The molecule has 0 radical (unpaired) electrons. The van der Waals surface area contributed by atoms with Crippen molar-refractivity contribution in [3.05, 3.63) is 47.0 Å². The van der Waals surface area contributed by atoms with Crippen molar-refractivity contribution in [2.24, 2.45) is 11.8 Å². The minimum atomic E-state index is -0.827. The number of ether oxygens (including phenoxy) is 4. The van der Waals surface area contributed by atoms with E-state index >= 15 is 0 Å². The molecule has 2 aromatic rings. The maximum absolute atomic E-state index is 11.3. The molecule has 0 aromatic heterocycles. The normalized spacial score (nSPS) is 26.2. The van der Waals surface area contributed by atoms with Gasteiger partial charge in [0.2, 0.25) is 0 Å². The van der Waals surface area contributed by atoms with Gasteiger partial charge in [-0.2, -0.15) is 0 Å². The van der Waals surface area contributed by atoms with Crippen molar-refractivity contribution in [2.75, 3.05) is 26.9 Å². The van der Waals surface area contributed by atoms with Gasteiger partial charge in [-0.1, -0.05) is 0 Å². The summed E-state index contributed by atoms with van der Waals surface area (Å²) in [6.07, 6.45) is 4.40. The van der Waals surface area contributed by atoms with Crippen LogP contribution in [0.3, 0.4) is 0 Å². The largest absolute Gasteiger partial charge is 0.496 e. The minimum absolute atomic E-state index is 0.0975. The number of benzene rings is 2. The molecule has 5 rings (SSSR count). The molecule has 0 saturated heterocycles. The Labute approximate surface area is 200 Å². The second-order valence-corrected chi connectivity index (χ2v) is 9.59. The van der Waals surface area contributed by atoms with E-state index in [1.54, 1.807) is 7.11 Å². The van der Waals surface area contributed by atoms with Gasteiger partial charge in [0.1, 0.15) is 23.0 Å². The van der Waals surface area contributed by atoms with Gasteiger partial charge in [-0.15, -0.1) is 0 Å². The van der Waals surface area contributed by atoms with Crippen LogP contribution in [0.4, 0.5) is 0 Å². The quantitative estimate of drug-likeness (QED) is 0.567. The molecule has 0 spiro atoms. The van der Waals surface area contributed by atoms with Crippen LogP contribution in [0.25, 0.3) is 0 Å². The summed E-state index contributed by atoms with van der Waals surface area (Å²) in [5.74, 6) is 2.01. The van der Waals surface area contributed by atoms with Crippen molar-refractivity contribution in [3.63, 3.8) is 0 Å². The monoisotopic (exact) mass is 470 g/mol. The van der Waals surface area contributed by atoms with Gasteiger partial charge in [0.05, 0.1) is 38.6 Å². The molecule has 0 bridgehead atoms. The number of rotatable bonds is 7. The Kier molecular flexibility index (Phi) is 6.86. The van der Waals surface area contributed by atoms with E-state index in [4.69, 9.17) is 18.9 Å². The van der Waals surface area contributed by atoms with Crippen LogP contribution in [0.5, 0.6) is 23.0 Å². The molecule has 2 aliphatic heterocycles. The van der Waals surface area contributed by atoms with Gasteiger partial charge in [-0.05, 0) is 74.4 Å². The average molecular weight is 471 g/mol. The lowest BCUT2D eigenvalue weighted by molar-refractivity contribution is -0.0553. The van der Waals surface area contributed by atoms with E-state index in [0.29, 0.717) is 47.8 Å². The Balaban J connectivity index is 1.36. The molecule has 4 atom stereocenters. The molecule has 1 fully saturated rings. The van der Waals surface area contributed by atoms with Crippen molar-refractivity contribution in [2.45, 2.75) is 56.8 Å². The van der Waals surface area contributed by atoms with Gasteiger partial charge in [0.15, 0.2) is 0 Å². The molecule has 2 heterocycles. The van der Waals surface area contributed by atoms with Crippen LogP contribution in [-0.2, 0) is 6.42 Å². The first-order chi connectivity index (χ1) is 16.6. The molecule has 0 unspecified atom stereocenters. The number of methoxy groups -OCH3 is 1. The Morgan fingerprint density at radius 2 is 1.59 bits per heavy atom. The zero-order valence-electron chi connectivity index (χ0n) is 19.6. The molecule has 3 N–H and O–H groups in total. The summed E-state index contributed by atoms with van der Waals surface area (Å²) >= 11 is 0. The minimum Gasteiger partial charge on any atom is -0.496 e. The van der Waals surface area contributed by atoms with Crippen LogP contribution in [0, 0.1) is 11.8 Å². The predicted octanol–water partition coefficient (Wildman–Crippen LogP) is 3.73. The van der Waals surface area contributed by atoms with Crippen LogP contribution >= 0.6 is 0 Å². The van der Waals surface area contributed by atoms with E-state index in [0.717, 1.165) is 24.2 Å². The second-order valence-electron chi connectivity index (χ2n) is 9.59. The predicted molar refractivity (Wildman–Crippen MR) is 126 cm³/mol. The van der Waals surface area contributed by atoms with Crippen LogP contribution in [-0.4, -0.2) is 48.4 Å². The third kappa shape index (κ3) is 4.44. The van der Waals surface area contributed by atoms with E-state index in [2.05, 4.69) is 0 Å². The lowest BCUT2D eigenvalue weighted by atomic mass is 9.77. The summed E-state index contributed by atoms with van der Waals surface area (Å²) in [5.41, 5.74) is 2.28. The first kappa shape index (κ1) is 23.3. The van der Waals surface area contributed by atoms with Crippen LogP contribution in [0.1, 0.15) is 61.0 Å². The zero-order valence-corrected chi connectivity index (χ0v) is 19.6. The molecule has 34 heavy (non-hydrogen) atoms. The number of fused-ring (bicyclic) bond motifs is 2. The van der Waals surface area contributed by atoms with Crippen LogP contribution < -0.4 is 18.9 Å². The van der Waals surface area contributed by atoms with Crippen molar-refractivity contribution in [1.29, 1.82) is 0 Å². The van der Waals surface area contributed by atoms with Gasteiger partial charge in [-0.3, -0.25) is 0 Å². The number of aliphatic hydroxyl groups excluding tert-OH is 3. The summed E-state index contributed by atoms with van der Waals surface area (Å²) < 4.78 is 23.7. The van der Waals surface area contributed by atoms with E-state index in [9.17, 15) is 15.3 Å². The highest BCUT2D eigenvalue weighted by molar-refractivity contribution is 5.49. The molecule has 2 aromatic carbocycles. The summed E-state index contributed by atoms with van der Waals surface area (Å²) in [6.45, 7) is 0.669. The lowest BCUT2D eigenvalue weighted by Gasteiger charge is -2.40. The van der Waals surface area contributed by atoms with E-state index in [-0.39, 0.29) is 31.2 Å². The summed E-state index contributed by atoms with van der Waals surface area (Å²) in [7, 11) is 1.60. The van der Waals surface area contributed by atoms with Crippen molar-refractivity contribution in [1.82, 2.24) is 0 Å². The van der Waals surface area contributed by atoms with Crippen molar-refractivity contribution >= 4 is 0 Å². The third-order valence-corrected chi connectivity index (χ3v) is 7.46. The molecule has 3 aliphatic rings. The standard InChI is InChI=1S/C27H34O7/c1-31-24-13-20-25(11-16(24)5-4-10-28)33-15-22(27(20)30)21-14-32-23-9-8-18(12-19(23)26(21)29)34-17-6-2-3-7-17/h8-9,11-13,17,21-22,26-30H,2-7,10,14-15H2,1H3/t21-,22+,26-,27+/m1/s1. The Hall–Kier alpha value is -2.48. The third-order valence-electron chi connectivity index (χ3n) is 7.46. The van der Waals surface area contributed by atoms with Crippen LogP contribution in [0.2, 0.25) is 0 Å². The van der Waals surface area contributed by atoms with Gasteiger partial charge in [0, 0.05) is 29.6 Å². The maximum atomic E-state index is 11.3. The molecular weight excluding hydrogens is 436 g/mol. The average Bonchev–Trinajstić information content (AvgIpc) is 3.36. The summed E-state index contributed by atoms with van der Waals surface area (Å²) in [6, 6.07) is 9.35. The number of aliphatic hydroxyl groups is 3. The molecule has 184 valence electrons. The fourth-order valence-electron chi connectivity index (χ4n) is 5.52. The number of hydrogen-bond acceptors (Lipinski definition) is 7. The van der Waals surface area contributed by atoms with E-state index in [1.807, 2.05) is 30.3 Å². The van der Waals surface area contributed by atoms with E-state index < -0.39 is 12.2 Å². The zero-order chi connectivity index (χ0) is 23.7. The molecular formula is C27H34O7. The number of aryl methyl sites for hydroxylation is 1. The molecule has 7 heteroatoms. The molecule has 1 saturated carbocycles. The second kappa shape index (κ2) is 10.0. The highest BCUT2D eigenvalue weighted by atomic mass is 16.5. The summed E-state index contributed by atoms with van der Waals surface area (Å²) in [5, 5.41) is 31.8. The topological polar surface area (TPSA) is 97.6 Å². The van der Waals surface area contributed by atoms with Crippen molar-refractivity contribution in [3.8, 4) is 23.0 Å². The Morgan fingerprint density at radius 1 is 0.912 bits per heavy atom. The van der Waals surface area contributed by atoms with E-state index in [1.165, 1.54) is 12.8 Å². The van der Waals surface area contributed by atoms with Gasteiger partial charge in [0.25, 0.3) is 0 Å². The van der Waals surface area contributed by atoms with Crippen LogP contribution in [0.15, 0.2) is 30.3 Å². The smallest absolute Gasteiger partial charge is 0.125 e. The molecule has 1 aliphatic carbocycles. The van der Waals surface area contributed by atoms with Crippen molar-refractivity contribution < 1.29 is 34.3 Å². The lowest BCUT2D eigenvalue weighted by Crippen LogP contribution is -2.40. The van der Waals surface area contributed by atoms with Gasteiger partial charge >= 0.3 is 0 Å².